The number of fused-ring (bicyclic) bond motifs is 1. The van der Waals surface area contributed by atoms with Gasteiger partial charge in [-0.05, 0) is 17.5 Å². The van der Waals surface area contributed by atoms with Crippen LogP contribution in [0.3, 0.4) is 0 Å². The molecule has 0 amide bonds. The van der Waals surface area contributed by atoms with Crippen LogP contribution in [0.5, 0.6) is 0 Å². The van der Waals surface area contributed by atoms with Crippen molar-refractivity contribution in [2.75, 3.05) is 5.73 Å². The normalized spacial score (nSPS) is 10.9. The fourth-order valence-corrected chi connectivity index (χ4v) is 2.82. The average molecular weight is 252 g/mol. The Kier molecular flexibility index (Phi) is 2.75. The first kappa shape index (κ1) is 11.2. The fraction of sp³-hybridized carbons (Fsp3) is 0.273. The van der Waals surface area contributed by atoms with Gasteiger partial charge in [0, 0.05) is 0 Å². The van der Waals surface area contributed by atoms with Crippen LogP contribution in [0.1, 0.15) is 30.9 Å². The molecule has 0 fully saturated rings. The molecule has 2 rings (SSSR count). The van der Waals surface area contributed by atoms with Crippen molar-refractivity contribution in [1.29, 1.82) is 5.26 Å². The van der Waals surface area contributed by atoms with Crippen molar-refractivity contribution >= 4 is 38.3 Å². The number of rotatable bonds is 1. The van der Waals surface area contributed by atoms with Crippen LogP contribution >= 0.6 is 22.9 Å². The summed E-state index contributed by atoms with van der Waals surface area (Å²) in [6.07, 6.45) is 0. The largest absolute Gasteiger partial charge is 0.375 e. The Labute approximate surface area is 102 Å². The number of anilines is 1. The first-order valence-electron chi connectivity index (χ1n) is 4.83. The van der Waals surface area contributed by atoms with Crippen LogP contribution in [0.25, 0.3) is 10.2 Å². The van der Waals surface area contributed by atoms with Crippen LogP contribution < -0.4 is 5.73 Å². The predicted octanol–water partition coefficient (Wildman–Crippen LogP) is 3.53. The summed E-state index contributed by atoms with van der Waals surface area (Å²) >= 11 is 7.45. The highest BCUT2D eigenvalue weighted by Gasteiger charge is 2.17. The fourth-order valence-electron chi connectivity index (χ4n) is 1.76. The molecule has 0 bridgehead atoms. The maximum atomic E-state index is 9.09. The highest BCUT2D eigenvalue weighted by Crippen LogP contribution is 2.37. The van der Waals surface area contributed by atoms with Crippen LogP contribution in [0.15, 0.2) is 6.07 Å². The summed E-state index contributed by atoms with van der Waals surface area (Å²) in [5.74, 6) is 0.218. The van der Waals surface area contributed by atoms with Crippen molar-refractivity contribution in [3.63, 3.8) is 0 Å². The van der Waals surface area contributed by atoms with Crippen molar-refractivity contribution < 1.29 is 0 Å². The maximum absolute atomic E-state index is 9.09. The monoisotopic (exact) mass is 251 g/mol. The van der Waals surface area contributed by atoms with Gasteiger partial charge in [0.05, 0.1) is 26.9 Å². The molecule has 16 heavy (non-hydrogen) atoms. The Morgan fingerprint density at radius 2 is 2.25 bits per heavy atom. The number of halogens is 1. The number of nitrogens with zero attached hydrogens (tertiary/aromatic N) is 2. The average Bonchev–Trinajstić information content (AvgIpc) is 2.58. The third-order valence-electron chi connectivity index (χ3n) is 2.37. The van der Waals surface area contributed by atoms with Gasteiger partial charge in [0.1, 0.15) is 0 Å². The minimum atomic E-state index is 0.218. The van der Waals surface area contributed by atoms with Gasteiger partial charge in [-0.15, -0.1) is 0 Å². The topological polar surface area (TPSA) is 62.7 Å². The molecular formula is C11H10ClN3S. The molecule has 82 valence electrons. The summed E-state index contributed by atoms with van der Waals surface area (Å²) in [6, 6.07) is 3.85. The van der Waals surface area contributed by atoms with Gasteiger partial charge in [-0.25, -0.2) is 4.98 Å². The van der Waals surface area contributed by atoms with E-state index in [1.54, 1.807) is 6.07 Å². The molecular weight excluding hydrogens is 242 g/mol. The third kappa shape index (κ3) is 1.62. The van der Waals surface area contributed by atoms with E-state index in [0.29, 0.717) is 15.7 Å². The highest BCUT2D eigenvalue weighted by molar-refractivity contribution is 7.22. The number of hydrogen-bond donors (Lipinski definition) is 1. The lowest BCUT2D eigenvalue weighted by atomic mass is 9.96. The molecule has 0 saturated carbocycles. The van der Waals surface area contributed by atoms with Gasteiger partial charge in [-0.3, -0.25) is 0 Å². The van der Waals surface area contributed by atoms with Crippen molar-refractivity contribution in [3.8, 4) is 6.07 Å². The molecule has 1 heterocycles. The second kappa shape index (κ2) is 3.93. The zero-order valence-corrected chi connectivity index (χ0v) is 10.5. The van der Waals surface area contributed by atoms with Crippen LogP contribution in [0.2, 0.25) is 5.02 Å². The summed E-state index contributed by atoms with van der Waals surface area (Å²) in [7, 11) is 0. The Balaban J connectivity index is 2.93. The SMILES string of the molecule is CC(C)c1c(C#N)cc(Cl)c2sc(N)nc12. The van der Waals surface area contributed by atoms with Gasteiger partial charge in [0.15, 0.2) is 5.13 Å². The lowest BCUT2D eigenvalue weighted by Crippen LogP contribution is -1.95. The molecule has 1 aromatic carbocycles. The molecule has 0 aliphatic rings. The molecule has 5 heteroatoms. The summed E-state index contributed by atoms with van der Waals surface area (Å²) in [6.45, 7) is 4.05. The highest BCUT2D eigenvalue weighted by atomic mass is 35.5. The summed E-state index contributed by atoms with van der Waals surface area (Å²) in [5.41, 5.74) is 7.96. The van der Waals surface area contributed by atoms with Crippen molar-refractivity contribution in [1.82, 2.24) is 4.98 Å². The van der Waals surface area contributed by atoms with E-state index in [1.807, 2.05) is 13.8 Å². The van der Waals surface area contributed by atoms with Crippen molar-refractivity contribution in [3.05, 3.63) is 22.2 Å². The second-order valence-corrected chi connectivity index (χ2v) is 5.25. The molecule has 2 aromatic rings. The number of benzene rings is 1. The van der Waals surface area contributed by atoms with E-state index in [-0.39, 0.29) is 5.92 Å². The van der Waals surface area contributed by atoms with E-state index in [9.17, 15) is 0 Å². The lowest BCUT2D eigenvalue weighted by Gasteiger charge is -2.09. The Hall–Kier alpha value is -1.31. The molecule has 3 nitrogen and oxygen atoms in total. The number of nitriles is 1. The molecule has 2 N–H and O–H groups in total. The molecule has 0 radical (unpaired) electrons. The zero-order valence-electron chi connectivity index (χ0n) is 8.91. The zero-order chi connectivity index (χ0) is 11.9. The van der Waals surface area contributed by atoms with E-state index >= 15 is 0 Å². The molecule has 0 saturated heterocycles. The Morgan fingerprint density at radius 3 is 2.81 bits per heavy atom. The van der Waals surface area contributed by atoms with Crippen molar-refractivity contribution in [2.45, 2.75) is 19.8 Å². The first-order chi connectivity index (χ1) is 7.54. The van der Waals surface area contributed by atoms with Crippen LogP contribution in [-0.2, 0) is 0 Å². The van der Waals surface area contributed by atoms with E-state index in [0.717, 1.165) is 15.8 Å². The third-order valence-corrected chi connectivity index (χ3v) is 3.70. The number of nitrogen functional groups attached to an aromatic ring is 1. The molecule has 0 atom stereocenters. The van der Waals surface area contributed by atoms with E-state index in [2.05, 4.69) is 11.1 Å². The number of nitrogens with two attached hydrogens (primary N) is 1. The van der Waals surface area contributed by atoms with E-state index in [4.69, 9.17) is 22.6 Å². The van der Waals surface area contributed by atoms with Gasteiger partial charge in [-0.1, -0.05) is 36.8 Å². The van der Waals surface area contributed by atoms with Crippen LogP contribution in [0, 0.1) is 11.3 Å². The smallest absolute Gasteiger partial charge is 0.181 e. The van der Waals surface area contributed by atoms with Gasteiger partial charge in [0.2, 0.25) is 0 Å². The first-order valence-corrected chi connectivity index (χ1v) is 6.02. The Bertz CT molecular complexity index is 595. The van der Waals surface area contributed by atoms with Crippen molar-refractivity contribution in [2.24, 2.45) is 0 Å². The van der Waals surface area contributed by atoms with Crippen LogP contribution in [-0.4, -0.2) is 4.98 Å². The minimum Gasteiger partial charge on any atom is -0.375 e. The standard InChI is InChI=1S/C11H10ClN3S/c1-5(2)8-6(4-13)3-7(12)10-9(8)15-11(14)16-10/h3,5H,1-2H3,(H2,14,15). The van der Waals surface area contributed by atoms with E-state index < -0.39 is 0 Å². The van der Waals surface area contributed by atoms with E-state index in [1.165, 1.54) is 11.3 Å². The molecule has 1 aromatic heterocycles. The molecule has 0 spiro atoms. The minimum absolute atomic E-state index is 0.218. The van der Waals surface area contributed by atoms with Gasteiger partial charge >= 0.3 is 0 Å². The Morgan fingerprint density at radius 1 is 1.56 bits per heavy atom. The number of thiazole rings is 1. The quantitative estimate of drug-likeness (QED) is 0.843. The predicted molar refractivity (Wildman–Crippen MR) is 67.8 cm³/mol. The lowest BCUT2D eigenvalue weighted by molar-refractivity contribution is 0.870. The number of aromatic nitrogens is 1. The summed E-state index contributed by atoms with van der Waals surface area (Å²) in [5, 5.41) is 10.1. The van der Waals surface area contributed by atoms with Gasteiger partial charge < -0.3 is 5.73 Å². The molecule has 0 aliphatic carbocycles. The second-order valence-electron chi connectivity index (χ2n) is 3.82. The van der Waals surface area contributed by atoms with Gasteiger partial charge in [-0.2, -0.15) is 5.26 Å². The summed E-state index contributed by atoms with van der Waals surface area (Å²) < 4.78 is 0.863. The summed E-state index contributed by atoms with van der Waals surface area (Å²) in [4.78, 5) is 4.26. The molecule has 0 unspecified atom stereocenters. The van der Waals surface area contributed by atoms with Crippen LogP contribution in [0.4, 0.5) is 5.13 Å². The molecule has 0 aliphatic heterocycles. The maximum Gasteiger partial charge on any atom is 0.181 e. The number of hydrogen-bond acceptors (Lipinski definition) is 4. The van der Waals surface area contributed by atoms with Gasteiger partial charge in [0.25, 0.3) is 0 Å².